The summed E-state index contributed by atoms with van der Waals surface area (Å²) in [6.07, 6.45) is 3.84. The highest BCUT2D eigenvalue weighted by Crippen LogP contribution is 2.14. The van der Waals surface area contributed by atoms with Crippen molar-refractivity contribution in [3.63, 3.8) is 0 Å². The second-order valence-corrected chi connectivity index (χ2v) is 4.60. The first-order valence-corrected chi connectivity index (χ1v) is 6.53. The summed E-state index contributed by atoms with van der Waals surface area (Å²) >= 11 is 5.18. The molecule has 1 aliphatic rings. The van der Waals surface area contributed by atoms with Gasteiger partial charge in [-0.2, -0.15) is 0 Å². The fraction of sp³-hybridized carbons (Fsp3) is 0.286. The summed E-state index contributed by atoms with van der Waals surface area (Å²) in [7, 11) is 0. The lowest BCUT2D eigenvalue weighted by Crippen LogP contribution is -2.31. The van der Waals surface area contributed by atoms with Crippen LogP contribution in [0, 0.1) is 0 Å². The van der Waals surface area contributed by atoms with Gasteiger partial charge in [0.1, 0.15) is 5.70 Å². The van der Waals surface area contributed by atoms with Gasteiger partial charge in [0.15, 0.2) is 5.11 Å². The Morgan fingerprint density at radius 3 is 2.72 bits per heavy atom. The van der Waals surface area contributed by atoms with E-state index in [1.165, 1.54) is 0 Å². The van der Waals surface area contributed by atoms with E-state index in [4.69, 9.17) is 12.2 Å². The SMILES string of the molecule is CCCCN1C(=O)/C(=C/c2ccccc2)NC1=S. The van der Waals surface area contributed by atoms with Gasteiger partial charge in [0, 0.05) is 6.54 Å². The van der Waals surface area contributed by atoms with E-state index in [2.05, 4.69) is 12.2 Å². The molecule has 94 valence electrons. The molecule has 1 aromatic carbocycles. The van der Waals surface area contributed by atoms with Gasteiger partial charge in [0.2, 0.25) is 0 Å². The van der Waals surface area contributed by atoms with Crippen molar-refractivity contribution in [1.82, 2.24) is 10.2 Å². The van der Waals surface area contributed by atoms with Crippen LogP contribution in [0.1, 0.15) is 25.3 Å². The zero-order valence-corrected chi connectivity index (χ0v) is 11.2. The minimum absolute atomic E-state index is 0.0303. The Hall–Kier alpha value is -1.68. The van der Waals surface area contributed by atoms with Crippen molar-refractivity contribution in [3.8, 4) is 0 Å². The van der Waals surface area contributed by atoms with Crippen molar-refractivity contribution in [3.05, 3.63) is 41.6 Å². The molecule has 1 N–H and O–H groups in total. The minimum atomic E-state index is -0.0303. The third-order valence-electron chi connectivity index (χ3n) is 2.81. The molecule has 0 radical (unpaired) electrons. The van der Waals surface area contributed by atoms with Crippen LogP contribution in [0.3, 0.4) is 0 Å². The highest BCUT2D eigenvalue weighted by atomic mass is 32.1. The third-order valence-corrected chi connectivity index (χ3v) is 3.13. The first-order valence-electron chi connectivity index (χ1n) is 6.12. The molecule has 3 nitrogen and oxygen atoms in total. The fourth-order valence-electron chi connectivity index (χ4n) is 1.81. The number of amides is 1. The number of hydrogen-bond donors (Lipinski definition) is 1. The predicted octanol–water partition coefficient (Wildman–Crippen LogP) is 2.54. The molecule has 1 saturated heterocycles. The zero-order chi connectivity index (χ0) is 13.0. The van der Waals surface area contributed by atoms with Crippen LogP contribution in [-0.2, 0) is 4.79 Å². The van der Waals surface area contributed by atoms with Gasteiger partial charge in [0.05, 0.1) is 0 Å². The quantitative estimate of drug-likeness (QED) is 0.667. The van der Waals surface area contributed by atoms with E-state index in [9.17, 15) is 4.79 Å². The number of nitrogens with zero attached hydrogens (tertiary/aromatic N) is 1. The van der Waals surface area contributed by atoms with Crippen molar-refractivity contribution in [2.24, 2.45) is 0 Å². The van der Waals surface area contributed by atoms with Crippen LogP contribution in [0.2, 0.25) is 0 Å². The van der Waals surface area contributed by atoms with E-state index in [0.717, 1.165) is 18.4 Å². The molecule has 0 unspecified atom stereocenters. The summed E-state index contributed by atoms with van der Waals surface area (Å²) in [5.74, 6) is -0.0303. The van der Waals surface area contributed by atoms with Gasteiger partial charge in [-0.3, -0.25) is 9.69 Å². The molecule has 18 heavy (non-hydrogen) atoms. The molecule has 0 bridgehead atoms. The Morgan fingerprint density at radius 1 is 1.33 bits per heavy atom. The number of unbranched alkanes of at least 4 members (excludes halogenated alkanes) is 1. The van der Waals surface area contributed by atoms with Gasteiger partial charge in [-0.15, -0.1) is 0 Å². The fourth-order valence-corrected chi connectivity index (χ4v) is 2.09. The third kappa shape index (κ3) is 2.76. The van der Waals surface area contributed by atoms with Gasteiger partial charge in [-0.1, -0.05) is 43.7 Å². The lowest BCUT2D eigenvalue weighted by Gasteiger charge is -2.12. The average Bonchev–Trinajstić information content (AvgIpc) is 2.64. The monoisotopic (exact) mass is 260 g/mol. The molecular weight excluding hydrogens is 244 g/mol. The van der Waals surface area contributed by atoms with Crippen LogP contribution in [0.4, 0.5) is 0 Å². The van der Waals surface area contributed by atoms with Crippen LogP contribution in [-0.4, -0.2) is 22.5 Å². The van der Waals surface area contributed by atoms with Crippen molar-refractivity contribution in [2.75, 3.05) is 6.54 Å². The van der Waals surface area contributed by atoms with Gasteiger partial charge in [0.25, 0.3) is 5.91 Å². The maximum atomic E-state index is 12.1. The van der Waals surface area contributed by atoms with E-state index in [0.29, 0.717) is 17.4 Å². The largest absolute Gasteiger partial charge is 0.328 e. The number of rotatable bonds is 4. The summed E-state index contributed by atoms with van der Waals surface area (Å²) in [6.45, 7) is 2.78. The van der Waals surface area contributed by atoms with Crippen LogP contribution in [0.15, 0.2) is 36.0 Å². The molecule has 0 aromatic heterocycles. The number of nitrogens with one attached hydrogen (secondary N) is 1. The van der Waals surface area contributed by atoms with E-state index < -0.39 is 0 Å². The Morgan fingerprint density at radius 2 is 2.06 bits per heavy atom. The van der Waals surface area contributed by atoms with Crippen molar-refractivity contribution < 1.29 is 4.79 Å². The summed E-state index contributed by atoms with van der Waals surface area (Å²) in [6, 6.07) is 9.75. The van der Waals surface area contributed by atoms with Crippen molar-refractivity contribution >= 4 is 29.3 Å². The maximum Gasteiger partial charge on any atom is 0.276 e. The smallest absolute Gasteiger partial charge is 0.276 e. The predicted molar refractivity (Wildman–Crippen MR) is 76.8 cm³/mol. The molecule has 1 amide bonds. The second kappa shape index (κ2) is 5.78. The molecule has 0 spiro atoms. The highest BCUT2D eigenvalue weighted by molar-refractivity contribution is 7.80. The van der Waals surface area contributed by atoms with Crippen LogP contribution >= 0.6 is 12.2 Å². The molecule has 0 aliphatic carbocycles. The molecule has 1 fully saturated rings. The molecular formula is C14H16N2OS. The number of benzene rings is 1. The Balaban J connectivity index is 2.15. The van der Waals surface area contributed by atoms with E-state index in [1.807, 2.05) is 36.4 Å². The Bertz CT molecular complexity index is 482. The van der Waals surface area contributed by atoms with Crippen LogP contribution in [0.25, 0.3) is 6.08 Å². The van der Waals surface area contributed by atoms with Crippen LogP contribution in [0.5, 0.6) is 0 Å². The van der Waals surface area contributed by atoms with E-state index >= 15 is 0 Å². The van der Waals surface area contributed by atoms with Gasteiger partial charge < -0.3 is 5.32 Å². The molecule has 1 aliphatic heterocycles. The number of hydrogen-bond acceptors (Lipinski definition) is 2. The van der Waals surface area contributed by atoms with Crippen molar-refractivity contribution in [1.29, 1.82) is 0 Å². The molecule has 2 rings (SSSR count). The molecule has 4 heteroatoms. The maximum absolute atomic E-state index is 12.1. The number of thiocarbonyl (C=S) groups is 1. The van der Waals surface area contributed by atoms with E-state index in [-0.39, 0.29) is 5.91 Å². The minimum Gasteiger partial charge on any atom is -0.328 e. The van der Waals surface area contributed by atoms with Crippen LogP contribution < -0.4 is 5.32 Å². The first-order chi connectivity index (χ1) is 8.72. The summed E-state index contributed by atoms with van der Waals surface area (Å²) < 4.78 is 0. The Labute approximate surface area is 112 Å². The normalized spacial score (nSPS) is 17.4. The highest BCUT2D eigenvalue weighted by Gasteiger charge is 2.29. The summed E-state index contributed by atoms with van der Waals surface area (Å²) in [5, 5.41) is 3.49. The summed E-state index contributed by atoms with van der Waals surface area (Å²) in [5.41, 5.74) is 1.55. The lowest BCUT2D eigenvalue weighted by molar-refractivity contribution is -0.122. The van der Waals surface area contributed by atoms with E-state index in [1.54, 1.807) is 4.90 Å². The molecule has 0 saturated carbocycles. The van der Waals surface area contributed by atoms with Gasteiger partial charge >= 0.3 is 0 Å². The summed E-state index contributed by atoms with van der Waals surface area (Å²) in [4.78, 5) is 13.8. The molecule has 1 aromatic rings. The number of carbonyl (C=O) groups excluding carboxylic acids is 1. The van der Waals surface area contributed by atoms with Gasteiger partial charge in [-0.25, -0.2) is 0 Å². The first kappa shape index (κ1) is 12.8. The zero-order valence-electron chi connectivity index (χ0n) is 10.3. The van der Waals surface area contributed by atoms with Crippen molar-refractivity contribution in [2.45, 2.75) is 19.8 Å². The number of carbonyl (C=O) groups is 1. The Kier molecular flexibility index (Phi) is 4.10. The molecule has 0 atom stereocenters. The second-order valence-electron chi connectivity index (χ2n) is 4.21. The lowest BCUT2D eigenvalue weighted by atomic mass is 10.2. The topological polar surface area (TPSA) is 32.3 Å². The average molecular weight is 260 g/mol. The molecule has 1 heterocycles. The van der Waals surface area contributed by atoms with Gasteiger partial charge in [-0.05, 0) is 30.3 Å². The standard InChI is InChI=1S/C14H16N2OS/c1-2-3-9-16-13(17)12(15-14(16)18)10-11-7-5-4-6-8-11/h4-8,10H,2-3,9H2,1H3,(H,15,18)/b12-10-.